The van der Waals surface area contributed by atoms with Gasteiger partial charge < -0.3 is 4.74 Å². The topological polar surface area (TPSA) is 31.2 Å². The number of benzene rings is 1. The van der Waals surface area contributed by atoms with Crippen LogP contribution in [0.5, 0.6) is 0 Å². The minimum absolute atomic E-state index is 0.158. The molecule has 2 aliphatic rings. The third-order valence-electron chi connectivity index (χ3n) is 4.78. The van der Waals surface area contributed by atoms with Gasteiger partial charge in [-0.3, -0.25) is 4.57 Å². The van der Waals surface area contributed by atoms with Gasteiger partial charge >= 0.3 is 5.97 Å². The van der Waals surface area contributed by atoms with Gasteiger partial charge in [0.15, 0.2) is 5.72 Å². The zero-order valence-electron chi connectivity index (χ0n) is 12.0. The molecule has 1 saturated carbocycles. The van der Waals surface area contributed by atoms with Crippen molar-refractivity contribution < 1.29 is 9.53 Å². The molecular formula is C17H19NO2. The molecule has 0 saturated heterocycles. The van der Waals surface area contributed by atoms with Crippen LogP contribution >= 0.6 is 0 Å². The Kier molecular flexibility index (Phi) is 2.33. The molecule has 1 aliphatic heterocycles. The number of carbonyl (C=O) groups is 1. The largest absolute Gasteiger partial charge is 0.434 e. The second-order valence-corrected chi connectivity index (χ2v) is 6.38. The maximum absolute atomic E-state index is 12.2. The van der Waals surface area contributed by atoms with Crippen LogP contribution in [0.2, 0.25) is 0 Å². The number of esters is 1. The number of hydrogen-bond donors (Lipinski definition) is 0. The molecule has 1 aliphatic carbocycles. The molecule has 0 atom stereocenters. The highest BCUT2D eigenvalue weighted by Crippen LogP contribution is 2.46. The summed E-state index contributed by atoms with van der Waals surface area (Å²) in [7, 11) is 0. The van der Waals surface area contributed by atoms with E-state index in [1.807, 2.05) is 6.07 Å². The SMILES string of the molecule is CC(C)c1ccc2c(c1)cc1n2C2(CCCC2)OC1=O. The van der Waals surface area contributed by atoms with Gasteiger partial charge in [-0.1, -0.05) is 19.9 Å². The first-order chi connectivity index (χ1) is 9.61. The fourth-order valence-corrected chi connectivity index (χ4v) is 3.71. The molecule has 0 unspecified atom stereocenters. The van der Waals surface area contributed by atoms with Crippen molar-refractivity contribution in [1.82, 2.24) is 4.57 Å². The van der Waals surface area contributed by atoms with Crippen molar-refractivity contribution in [3.05, 3.63) is 35.5 Å². The lowest BCUT2D eigenvalue weighted by molar-refractivity contribution is -0.0366. The molecular weight excluding hydrogens is 250 g/mol. The molecule has 0 bridgehead atoms. The van der Waals surface area contributed by atoms with E-state index >= 15 is 0 Å². The third kappa shape index (κ3) is 1.43. The minimum Gasteiger partial charge on any atom is -0.434 e. The molecule has 4 rings (SSSR count). The summed E-state index contributed by atoms with van der Waals surface area (Å²) >= 11 is 0. The Hall–Kier alpha value is -1.77. The first-order valence-electron chi connectivity index (χ1n) is 7.50. The van der Waals surface area contributed by atoms with Gasteiger partial charge in [0, 0.05) is 18.2 Å². The summed E-state index contributed by atoms with van der Waals surface area (Å²) in [6.45, 7) is 4.38. The fourth-order valence-electron chi connectivity index (χ4n) is 3.71. The van der Waals surface area contributed by atoms with Crippen LogP contribution in [0.1, 0.15) is 61.5 Å². The summed E-state index contributed by atoms with van der Waals surface area (Å²) in [6, 6.07) is 8.53. The normalized spacial score (nSPS) is 20.1. The van der Waals surface area contributed by atoms with Crippen LogP contribution in [0.15, 0.2) is 24.3 Å². The highest BCUT2D eigenvalue weighted by Gasteiger charge is 2.47. The highest BCUT2D eigenvalue weighted by atomic mass is 16.6. The van der Waals surface area contributed by atoms with Crippen LogP contribution < -0.4 is 0 Å². The number of aromatic nitrogens is 1. The fraction of sp³-hybridized carbons (Fsp3) is 0.471. The highest BCUT2D eigenvalue weighted by molar-refractivity contribution is 5.98. The Morgan fingerprint density at radius 1 is 1.20 bits per heavy atom. The van der Waals surface area contributed by atoms with Gasteiger partial charge in [-0.15, -0.1) is 0 Å². The second-order valence-electron chi connectivity index (χ2n) is 6.38. The van der Waals surface area contributed by atoms with Gasteiger partial charge in [-0.2, -0.15) is 0 Å². The van der Waals surface area contributed by atoms with E-state index in [0.29, 0.717) is 5.92 Å². The standard InChI is InChI=1S/C17H19NO2/c1-11(2)12-5-6-14-13(9-12)10-15-16(19)20-17(18(14)15)7-3-4-8-17/h5-6,9-11H,3-4,7-8H2,1-2H3. The summed E-state index contributed by atoms with van der Waals surface area (Å²) in [5.74, 6) is 0.343. The van der Waals surface area contributed by atoms with Crippen molar-refractivity contribution in [3.63, 3.8) is 0 Å². The smallest absolute Gasteiger partial charge is 0.357 e. The van der Waals surface area contributed by atoms with E-state index in [4.69, 9.17) is 4.74 Å². The maximum Gasteiger partial charge on any atom is 0.357 e. The minimum atomic E-state index is -0.395. The number of hydrogen-bond acceptors (Lipinski definition) is 2. The van der Waals surface area contributed by atoms with E-state index in [1.54, 1.807) is 0 Å². The predicted octanol–water partition coefficient (Wildman–Crippen LogP) is 4.16. The van der Waals surface area contributed by atoms with Crippen molar-refractivity contribution in [1.29, 1.82) is 0 Å². The van der Waals surface area contributed by atoms with Crippen molar-refractivity contribution in [2.24, 2.45) is 0 Å². The summed E-state index contributed by atoms with van der Waals surface area (Å²) in [6.07, 6.45) is 4.16. The Balaban J connectivity index is 1.97. The number of carbonyl (C=O) groups excluding carboxylic acids is 1. The molecule has 1 spiro atoms. The molecule has 0 amide bonds. The molecule has 0 N–H and O–H groups in total. The van der Waals surface area contributed by atoms with E-state index in [9.17, 15) is 4.79 Å². The Bertz CT molecular complexity index is 705. The van der Waals surface area contributed by atoms with Crippen LogP contribution in [0.4, 0.5) is 0 Å². The monoisotopic (exact) mass is 269 g/mol. The zero-order valence-corrected chi connectivity index (χ0v) is 12.0. The van der Waals surface area contributed by atoms with E-state index in [1.165, 1.54) is 5.56 Å². The van der Waals surface area contributed by atoms with E-state index in [2.05, 4.69) is 36.6 Å². The summed E-state index contributed by atoms with van der Waals surface area (Å²) in [5, 5.41) is 1.16. The quantitative estimate of drug-likeness (QED) is 0.728. The molecule has 2 aromatic rings. The average Bonchev–Trinajstić information content (AvgIpc) is 3.07. The lowest BCUT2D eigenvalue weighted by Gasteiger charge is -2.25. The number of ether oxygens (including phenoxy) is 1. The van der Waals surface area contributed by atoms with Gasteiger partial charge in [0.1, 0.15) is 5.69 Å². The van der Waals surface area contributed by atoms with Crippen molar-refractivity contribution in [3.8, 4) is 0 Å². The summed E-state index contributed by atoms with van der Waals surface area (Å²) in [4.78, 5) is 12.2. The van der Waals surface area contributed by atoms with Gasteiger partial charge in [0.2, 0.25) is 0 Å². The lowest BCUT2D eigenvalue weighted by Crippen LogP contribution is -2.28. The van der Waals surface area contributed by atoms with Crippen LogP contribution in [0.25, 0.3) is 10.9 Å². The van der Waals surface area contributed by atoms with Gasteiger partial charge in [-0.05, 0) is 42.5 Å². The van der Waals surface area contributed by atoms with Gasteiger partial charge in [0.25, 0.3) is 0 Å². The molecule has 0 radical (unpaired) electrons. The first kappa shape index (κ1) is 12.0. The number of nitrogens with zero attached hydrogens (tertiary/aromatic N) is 1. The Labute approximate surface area is 118 Å². The summed E-state index contributed by atoms with van der Waals surface area (Å²) < 4.78 is 7.88. The van der Waals surface area contributed by atoms with Crippen LogP contribution in [0.3, 0.4) is 0 Å². The molecule has 104 valence electrons. The average molecular weight is 269 g/mol. The van der Waals surface area contributed by atoms with Crippen LogP contribution in [0, 0.1) is 0 Å². The summed E-state index contributed by atoms with van der Waals surface area (Å²) in [5.41, 5.74) is 2.78. The second kappa shape index (κ2) is 3.87. The predicted molar refractivity (Wildman–Crippen MR) is 77.9 cm³/mol. The molecule has 1 fully saturated rings. The maximum atomic E-state index is 12.2. The molecule has 3 heteroatoms. The molecule has 1 aromatic carbocycles. The Morgan fingerprint density at radius 3 is 2.65 bits per heavy atom. The Morgan fingerprint density at radius 2 is 1.95 bits per heavy atom. The lowest BCUT2D eigenvalue weighted by atomic mass is 10.0. The van der Waals surface area contributed by atoms with Crippen molar-refractivity contribution >= 4 is 16.9 Å². The molecule has 1 aromatic heterocycles. The van der Waals surface area contributed by atoms with Crippen molar-refractivity contribution in [2.45, 2.75) is 51.2 Å². The van der Waals surface area contributed by atoms with E-state index in [0.717, 1.165) is 42.3 Å². The van der Waals surface area contributed by atoms with E-state index < -0.39 is 5.72 Å². The first-order valence-corrected chi connectivity index (χ1v) is 7.50. The van der Waals surface area contributed by atoms with E-state index in [-0.39, 0.29) is 5.97 Å². The zero-order chi connectivity index (χ0) is 13.9. The van der Waals surface area contributed by atoms with Crippen LogP contribution in [-0.2, 0) is 10.5 Å². The molecule has 20 heavy (non-hydrogen) atoms. The van der Waals surface area contributed by atoms with Gasteiger partial charge in [-0.25, -0.2) is 4.79 Å². The third-order valence-corrected chi connectivity index (χ3v) is 4.78. The number of rotatable bonds is 1. The molecule has 2 heterocycles. The number of fused-ring (bicyclic) bond motifs is 4. The van der Waals surface area contributed by atoms with Crippen LogP contribution in [-0.4, -0.2) is 10.5 Å². The molecule has 3 nitrogen and oxygen atoms in total. The van der Waals surface area contributed by atoms with Gasteiger partial charge in [0.05, 0.1) is 5.52 Å². The van der Waals surface area contributed by atoms with Crippen molar-refractivity contribution in [2.75, 3.05) is 0 Å².